The van der Waals surface area contributed by atoms with Gasteiger partial charge in [0.05, 0.1) is 5.57 Å². The molecule has 18 heavy (non-hydrogen) atoms. The molecule has 1 heterocycles. The highest BCUT2D eigenvalue weighted by molar-refractivity contribution is 6.10. The molecule has 2 rings (SSSR count). The van der Waals surface area contributed by atoms with E-state index < -0.39 is 6.17 Å². The summed E-state index contributed by atoms with van der Waals surface area (Å²) in [6.45, 7) is 1.95. The van der Waals surface area contributed by atoms with Crippen LogP contribution < -0.4 is 11.1 Å². The maximum atomic E-state index is 12.2. The van der Waals surface area contributed by atoms with Crippen LogP contribution in [0.15, 0.2) is 36.0 Å². The molecular weight excluding hydrogens is 230 g/mol. The monoisotopic (exact) mass is 245 g/mol. The van der Waals surface area contributed by atoms with E-state index in [-0.39, 0.29) is 11.8 Å². The molecule has 2 amide bonds. The van der Waals surface area contributed by atoms with E-state index in [2.05, 4.69) is 5.32 Å². The molecule has 0 spiro atoms. The molecule has 5 nitrogen and oxygen atoms in total. The minimum absolute atomic E-state index is 0.172. The number of urea groups is 1. The van der Waals surface area contributed by atoms with Crippen molar-refractivity contribution >= 4 is 11.8 Å². The number of nitrogens with one attached hydrogen (secondary N) is 1. The van der Waals surface area contributed by atoms with Gasteiger partial charge in [-0.1, -0.05) is 29.8 Å². The Bertz CT molecular complexity index is 520. The molecule has 0 aliphatic carbocycles. The molecule has 0 fully saturated rings. The molecule has 0 bridgehead atoms. The van der Waals surface area contributed by atoms with Crippen molar-refractivity contribution < 1.29 is 9.59 Å². The highest BCUT2D eigenvalue weighted by atomic mass is 16.2. The fourth-order valence-electron chi connectivity index (χ4n) is 1.73. The molecule has 1 atom stereocenters. The van der Waals surface area contributed by atoms with E-state index in [0.717, 1.165) is 5.56 Å². The molecular formula is C13H15N3O2. The lowest BCUT2D eigenvalue weighted by Gasteiger charge is -2.29. The summed E-state index contributed by atoms with van der Waals surface area (Å²) in [7, 11) is 1.55. The number of Topliss-reactive ketones (excluding diaryl/α,β-unsaturated/α-hetero) is 1. The number of carbonyl (C=O) groups excluding carboxylic acids is 2. The minimum Gasteiger partial charge on any atom is -0.314 e. The zero-order valence-corrected chi connectivity index (χ0v) is 10.3. The van der Waals surface area contributed by atoms with E-state index >= 15 is 0 Å². The van der Waals surface area contributed by atoms with Gasteiger partial charge in [-0.05, 0) is 6.92 Å². The number of carbonyl (C=O) groups is 2. The Morgan fingerprint density at radius 3 is 2.56 bits per heavy atom. The van der Waals surface area contributed by atoms with Crippen LogP contribution in [0.4, 0.5) is 4.79 Å². The topological polar surface area (TPSA) is 75.4 Å². The van der Waals surface area contributed by atoms with E-state index in [4.69, 9.17) is 5.73 Å². The van der Waals surface area contributed by atoms with Crippen LogP contribution in [0.25, 0.3) is 0 Å². The molecule has 0 saturated heterocycles. The predicted molar refractivity (Wildman–Crippen MR) is 67.9 cm³/mol. The summed E-state index contributed by atoms with van der Waals surface area (Å²) in [5.74, 6) is -0.172. The highest BCUT2D eigenvalue weighted by Crippen LogP contribution is 2.15. The number of benzene rings is 1. The summed E-state index contributed by atoms with van der Waals surface area (Å²) in [6, 6.07) is 6.92. The standard InChI is InChI=1S/C13H15N3O2/c1-8-3-5-9(6-4-8)11(17)10-7-15-13(18)16(2)12(10)14/h3-7,12H,14H2,1-2H3,(H,15,18). The Kier molecular flexibility index (Phi) is 3.16. The molecule has 1 aliphatic rings. The van der Waals surface area contributed by atoms with Crippen LogP contribution >= 0.6 is 0 Å². The van der Waals surface area contributed by atoms with Gasteiger partial charge in [-0.3, -0.25) is 4.79 Å². The number of ketones is 1. The summed E-state index contributed by atoms with van der Waals surface area (Å²) in [6.07, 6.45) is 0.669. The summed E-state index contributed by atoms with van der Waals surface area (Å²) in [4.78, 5) is 24.9. The fourth-order valence-corrected chi connectivity index (χ4v) is 1.73. The third-order valence-corrected chi connectivity index (χ3v) is 2.98. The van der Waals surface area contributed by atoms with Crippen LogP contribution in [0.5, 0.6) is 0 Å². The number of nitrogens with two attached hydrogens (primary N) is 1. The molecule has 0 aromatic heterocycles. The van der Waals surface area contributed by atoms with Gasteiger partial charge in [-0.15, -0.1) is 0 Å². The summed E-state index contributed by atoms with van der Waals surface area (Å²) in [5.41, 5.74) is 7.88. The lowest BCUT2D eigenvalue weighted by Crippen LogP contribution is -2.53. The van der Waals surface area contributed by atoms with Crippen LogP contribution in [0, 0.1) is 6.92 Å². The SMILES string of the molecule is Cc1ccc(C(=O)C2=CNC(=O)N(C)C2N)cc1. The van der Waals surface area contributed by atoms with Gasteiger partial charge in [0.2, 0.25) is 0 Å². The molecule has 1 aromatic rings. The first-order valence-electron chi connectivity index (χ1n) is 5.61. The largest absolute Gasteiger partial charge is 0.322 e. The van der Waals surface area contributed by atoms with Crippen LogP contribution in [0.2, 0.25) is 0 Å². The van der Waals surface area contributed by atoms with E-state index in [1.165, 1.54) is 11.1 Å². The van der Waals surface area contributed by atoms with E-state index in [0.29, 0.717) is 11.1 Å². The van der Waals surface area contributed by atoms with E-state index in [1.54, 1.807) is 19.2 Å². The number of nitrogens with zero attached hydrogens (tertiary/aromatic N) is 1. The van der Waals surface area contributed by atoms with Crippen molar-refractivity contribution in [2.24, 2.45) is 5.73 Å². The molecule has 3 N–H and O–H groups in total. The number of rotatable bonds is 2. The van der Waals surface area contributed by atoms with Crippen molar-refractivity contribution in [3.8, 4) is 0 Å². The van der Waals surface area contributed by atoms with Crippen LogP contribution in [0.3, 0.4) is 0 Å². The summed E-state index contributed by atoms with van der Waals surface area (Å²) in [5, 5.41) is 2.50. The summed E-state index contributed by atoms with van der Waals surface area (Å²) >= 11 is 0. The quantitative estimate of drug-likeness (QED) is 0.763. The van der Waals surface area contributed by atoms with E-state index in [9.17, 15) is 9.59 Å². The summed E-state index contributed by atoms with van der Waals surface area (Å²) < 4.78 is 0. The Hall–Kier alpha value is -2.14. The van der Waals surface area contributed by atoms with Crippen LogP contribution in [-0.4, -0.2) is 29.9 Å². The van der Waals surface area contributed by atoms with E-state index in [1.807, 2.05) is 19.1 Å². The van der Waals surface area contributed by atoms with Crippen molar-refractivity contribution in [3.05, 3.63) is 47.2 Å². The Morgan fingerprint density at radius 2 is 1.94 bits per heavy atom. The molecule has 94 valence electrons. The molecule has 5 heteroatoms. The minimum atomic E-state index is -0.715. The van der Waals surface area contributed by atoms with Crippen molar-refractivity contribution in [2.75, 3.05) is 7.05 Å². The average Bonchev–Trinajstić information content (AvgIpc) is 2.36. The van der Waals surface area contributed by atoms with Gasteiger partial charge in [0.1, 0.15) is 6.17 Å². The zero-order chi connectivity index (χ0) is 13.3. The average molecular weight is 245 g/mol. The lowest BCUT2D eigenvalue weighted by molar-refractivity contribution is 0.101. The highest BCUT2D eigenvalue weighted by Gasteiger charge is 2.28. The molecule has 1 unspecified atom stereocenters. The first kappa shape index (κ1) is 12.3. The second kappa shape index (κ2) is 4.62. The maximum absolute atomic E-state index is 12.2. The molecule has 0 saturated carbocycles. The van der Waals surface area contributed by atoms with Crippen molar-refractivity contribution in [1.29, 1.82) is 0 Å². The van der Waals surface area contributed by atoms with Gasteiger partial charge >= 0.3 is 6.03 Å². The van der Waals surface area contributed by atoms with Crippen molar-refractivity contribution in [3.63, 3.8) is 0 Å². The number of aryl methyl sites for hydroxylation is 1. The van der Waals surface area contributed by atoms with Gasteiger partial charge in [-0.25, -0.2) is 4.79 Å². The normalized spacial score (nSPS) is 19.3. The zero-order valence-electron chi connectivity index (χ0n) is 10.3. The Morgan fingerprint density at radius 1 is 1.33 bits per heavy atom. The first-order chi connectivity index (χ1) is 8.50. The third kappa shape index (κ3) is 2.12. The van der Waals surface area contributed by atoms with Crippen molar-refractivity contribution in [1.82, 2.24) is 10.2 Å². The number of hydrogen-bond acceptors (Lipinski definition) is 3. The lowest BCUT2D eigenvalue weighted by atomic mass is 10.00. The Labute approximate surface area is 105 Å². The second-order valence-electron chi connectivity index (χ2n) is 4.30. The van der Waals surface area contributed by atoms with Crippen LogP contribution in [-0.2, 0) is 0 Å². The van der Waals surface area contributed by atoms with Gasteiger partial charge in [0.15, 0.2) is 5.78 Å². The van der Waals surface area contributed by atoms with Crippen molar-refractivity contribution in [2.45, 2.75) is 13.1 Å². The third-order valence-electron chi connectivity index (χ3n) is 2.98. The molecule has 1 aliphatic heterocycles. The number of amides is 2. The number of likely N-dealkylation sites (N-methyl/N-ethyl adjacent to an activating group) is 1. The predicted octanol–water partition coefficient (Wildman–Crippen LogP) is 1.00. The maximum Gasteiger partial charge on any atom is 0.322 e. The van der Waals surface area contributed by atoms with Gasteiger partial charge in [0.25, 0.3) is 0 Å². The second-order valence-corrected chi connectivity index (χ2v) is 4.30. The van der Waals surface area contributed by atoms with Crippen LogP contribution in [0.1, 0.15) is 15.9 Å². The smallest absolute Gasteiger partial charge is 0.314 e. The van der Waals surface area contributed by atoms with Gasteiger partial charge < -0.3 is 16.0 Å². The van der Waals surface area contributed by atoms with Gasteiger partial charge in [-0.2, -0.15) is 0 Å². The fraction of sp³-hybridized carbons (Fsp3) is 0.231. The molecule has 0 radical (unpaired) electrons. The van der Waals surface area contributed by atoms with Gasteiger partial charge in [0, 0.05) is 18.8 Å². The molecule has 1 aromatic carbocycles. The number of hydrogen-bond donors (Lipinski definition) is 2. The Balaban J connectivity index is 2.29. The first-order valence-corrected chi connectivity index (χ1v) is 5.61.